The molecule has 1 aromatic heterocycles. The van der Waals surface area contributed by atoms with E-state index in [4.69, 9.17) is 5.73 Å². The summed E-state index contributed by atoms with van der Waals surface area (Å²) < 4.78 is 27.4. The Balaban J connectivity index is 2.00. The molecule has 0 spiro atoms. The molecule has 1 aliphatic rings. The summed E-state index contributed by atoms with van der Waals surface area (Å²) in [6.07, 6.45) is 3.37. The van der Waals surface area contributed by atoms with Crippen molar-refractivity contribution >= 4 is 15.8 Å². The third-order valence-electron chi connectivity index (χ3n) is 3.85. The van der Waals surface area contributed by atoms with E-state index in [2.05, 4.69) is 14.7 Å². The molecule has 0 bridgehead atoms. The molecule has 24 heavy (non-hydrogen) atoms. The minimum Gasteiger partial charge on any atom is -0.382 e. The minimum atomic E-state index is -3.50. The Bertz CT molecular complexity index is 868. The fourth-order valence-corrected chi connectivity index (χ4v) is 3.75. The second-order valence-corrected chi connectivity index (χ2v) is 8.88. The minimum absolute atomic E-state index is 0.0717. The first-order valence-corrected chi connectivity index (χ1v) is 9.41. The van der Waals surface area contributed by atoms with E-state index in [1.54, 1.807) is 24.4 Å². The van der Waals surface area contributed by atoms with Crippen molar-refractivity contribution in [2.75, 3.05) is 5.73 Å². The largest absolute Gasteiger partial charge is 0.382 e. The van der Waals surface area contributed by atoms with Crippen LogP contribution in [0.5, 0.6) is 0 Å². The van der Waals surface area contributed by atoms with Crippen LogP contribution in [0.3, 0.4) is 0 Å². The fraction of sp³-hybridized carbons (Fsp3) is 0.412. The topological polar surface area (TPSA) is 98.0 Å². The Kier molecular flexibility index (Phi) is 4.09. The first-order chi connectivity index (χ1) is 11.2. The maximum atomic E-state index is 12.4. The Morgan fingerprint density at radius 1 is 1.25 bits per heavy atom. The number of nitrogen functional groups attached to an aromatic ring is 1. The van der Waals surface area contributed by atoms with Crippen LogP contribution in [0.4, 0.5) is 5.82 Å². The van der Waals surface area contributed by atoms with Crippen molar-refractivity contribution in [3.8, 4) is 11.3 Å². The Labute approximate surface area is 142 Å². The van der Waals surface area contributed by atoms with Gasteiger partial charge < -0.3 is 5.73 Å². The standard InChI is InChI=1S/C17H22N4O2S/c1-17(2,3)15-16(18)19-10-14(20-15)11-5-4-6-13(9-11)24(22,23)21-12-7-8-12/h4-6,9-10,12,21H,7-8H2,1-3H3,(H2,18,19). The van der Waals surface area contributed by atoms with Gasteiger partial charge in [0.25, 0.3) is 0 Å². The zero-order valence-electron chi connectivity index (χ0n) is 14.1. The molecular formula is C17H22N4O2S. The number of benzene rings is 1. The molecular weight excluding hydrogens is 324 g/mol. The molecule has 0 unspecified atom stereocenters. The lowest BCUT2D eigenvalue weighted by Crippen LogP contribution is -2.25. The molecule has 0 atom stereocenters. The molecule has 0 aliphatic heterocycles. The summed E-state index contributed by atoms with van der Waals surface area (Å²) in [5.74, 6) is 0.394. The summed E-state index contributed by atoms with van der Waals surface area (Å²) in [7, 11) is -3.50. The van der Waals surface area contributed by atoms with Gasteiger partial charge in [-0.05, 0) is 25.0 Å². The third-order valence-corrected chi connectivity index (χ3v) is 5.37. The monoisotopic (exact) mass is 346 g/mol. The van der Waals surface area contributed by atoms with Gasteiger partial charge in [0, 0.05) is 17.0 Å². The normalized spacial score (nSPS) is 15.5. The first kappa shape index (κ1) is 16.9. The van der Waals surface area contributed by atoms with E-state index in [1.807, 2.05) is 26.8 Å². The maximum absolute atomic E-state index is 12.4. The second kappa shape index (κ2) is 5.82. The van der Waals surface area contributed by atoms with Gasteiger partial charge >= 0.3 is 0 Å². The number of hydrogen-bond acceptors (Lipinski definition) is 5. The van der Waals surface area contributed by atoms with Crippen molar-refractivity contribution in [3.63, 3.8) is 0 Å². The molecule has 1 heterocycles. The van der Waals surface area contributed by atoms with Gasteiger partial charge in [0.15, 0.2) is 0 Å². The van der Waals surface area contributed by atoms with Crippen LogP contribution in [0, 0.1) is 0 Å². The second-order valence-electron chi connectivity index (χ2n) is 7.16. The van der Waals surface area contributed by atoms with Crippen LogP contribution >= 0.6 is 0 Å². The smallest absolute Gasteiger partial charge is 0.240 e. The highest BCUT2D eigenvalue weighted by molar-refractivity contribution is 7.89. The van der Waals surface area contributed by atoms with E-state index in [0.29, 0.717) is 22.8 Å². The summed E-state index contributed by atoms with van der Waals surface area (Å²) >= 11 is 0. The summed E-state index contributed by atoms with van der Waals surface area (Å²) in [6.45, 7) is 6.03. The average Bonchev–Trinajstić information content (AvgIpc) is 3.30. The van der Waals surface area contributed by atoms with Crippen molar-refractivity contribution < 1.29 is 8.42 Å². The third kappa shape index (κ3) is 3.57. The summed E-state index contributed by atoms with van der Waals surface area (Å²) in [5, 5.41) is 0. The summed E-state index contributed by atoms with van der Waals surface area (Å²) in [6, 6.07) is 6.82. The molecule has 2 aromatic rings. The molecule has 1 aromatic carbocycles. The van der Waals surface area contributed by atoms with Gasteiger partial charge in [-0.2, -0.15) is 0 Å². The van der Waals surface area contributed by atoms with Crippen LogP contribution in [0.15, 0.2) is 35.4 Å². The van der Waals surface area contributed by atoms with E-state index in [0.717, 1.165) is 12.8 Å². The number of anilines is 1. The highest BCUT2D eigenvalue weighted by Crippen LogP contribution is 2.28. The van der Waals surface area contributed by atoms with Crippen molar-refractivity contribution in [1.29, 1.82) is 0 Å². The molecule has 7 heteroatoms. The highest BCUT2D eigenvalue weighted by Gasteiger charge is 2.28. The van der Waals surface area contributed by atoms with E-state index < -0.39 is 10.0 Å². The van der Waals surface area contributed by atoms with Crippen molar-refractivity contribution in [1.82, 2.24) is 14.7 Å². The van der Waals surface area contributed by atoms with Gasteiger partial charge in [-0.15, -0.1) is 0 Å². The lowest BCUT2D eigenvalue weighted by Gasteiger charge is -2.19. The zero-order valence-corrected chi connectivity index (χ0v) is 14.9. The van der Waals surface area contributed by atoms with Crippen molar-refractivity contribution in [2.24, 2.45) is 0 Å². The molecule has 1 aliphatic carbocycles. The quantitative estimate of drug-likeness (QED) is 0.886. The van der Waals surface area contributed by atoms with Crippen LogP contribution in [0.1, 0.15) is 39.3 Å². The number of nitrogens with one attached hydrogen (secondary N) is 1. The summed E-state index contributed by atoms with van der Waals surface area (Å²) in [4.78, 5) is 9.07. The fourth-order valence-electron chi connectivity index (χ4n) is 2.40. The van der Waals surface area contributed by atoms with Crippen LogP contribution in [-0.2, 0) is 15.4 Å². The lowest BCUT2D eigenvalue weighted by molar-refractivity contribution is 0.569. The number of hydrogen-bond donors (Lipinski definition) is 2. The van der Waals surface area contributed by atoms with E-state index >= 15 is 0 Å². The predicted octanol–water partition coefficient (Wildman–Crippen LogP) is 2.46. The molecule has 1 fully saturated rings. The molecule has 3 rings (SSSR count). The Morgan fingerprint density at radius 3 is 2.58 bits per heavy atom. The SMILES string of the molecule is CC(C)(C)c1nc(-c2cccc(S(=O)(=O)NC3CC3)c2)cnc1N. The van der Waals surface area contributed by atoms with Crippen LogP contribution in [-0.4, -0.2) is 24.4 Å². The maximum Gasteiger partial charge on any atom is 0.240 e. The van der Waals surface area contributed by atoms with Gasteiger partial charge in [-0.1, -0.05) is 32.9 Å². The Morgan fingerprint density at radius 2 is 1.96 bits per heavy atom. The van der Waals surface area contributed by atoms with E-state index in [1.165, 1.54) is 0 Å². The van der Waals surface area contributed by atoms with Gasteiger partial charge in [-0.25, -0.2) is 23.1 Å². The molecule has 3 N–H and O–H groups in total. The molecule has 0 radical (unpaired) electrons. The van der Waals surface area contributed by atoms with Crippen LogP contribution in [0.25, 0.3) is 11.3 Å². The van der Waals surface area contributed by atoms with Crippen molar-refractivity contribution in [2.45, 2.75) is 50.0 Å². The molecule has 1 saturated carbocycles. The molecule has 0 amide bonds. The van der Waals surface area contributed by atoms with Crippen molar-refractivity contribution in [3.05, 3.63) is 36.2 Å². The predicted molar refractivity (Wildman–Crippen MR) is 93.9 cm³/mol. The molecule has 128 valence electrons. The van der Waals surface area contributed by atoms with Crippen LogP contribution in [0.2, 0.25) is 0 Å². The Hall–Kier alpha value is -1.99. The number of rotatable bonds is 4. The number of nitrogens with two attached hydrogens (primary N) is 1. The number of aromatic nitrogens is 2. The van der Waals surface area contributed by atoms with Gasteiger partial charge in [0.2, 0.25) is 10.0 Å². The summed E-state index contributed by atoms with van der Waals surface area (Å²) in [5.41, 5.74) is 7.70. The number of nitrogens with zero attached hydrogens (tertiary/aromatic N) is 2. The van der Waals surface area contributed by atoms with Crippen LogP contribution < -0.4 is 10.5 Å². The van der Waals surface area contributed by atoms with Gasteiger partial charge in [0.05, 0.1) is 22.5 Å². The van der Waals surface area contributed by atoms with Gasteiger partial charge in [-0.3, -0.25) is 0 Å². The van der Waals surface area contributed by atoms with E-state index in [9.17, 15) is 8.42 Å². The molecule has 0 saturated heterocycles. The number of sulfonamides is 1. The van der Waals surface area contributed by atoms with Gasteiger partial charge in [0.1, 0.15) is 5.82 Å². The van der Waals surface area contributed by atoms with E-state index in [-0.39, 0.29) is 16.4 Å². The first-order valence-electron chi connectivity index (χ1n) is 7.92. The lowest BCUT2D eigenvalue weighted by atomic mass is 9.91. The zero-order chi connectivity index (χ0) is 17.5. The highest BCUT2D eigenvalue weighted by atomic mass is 32.2. The molecule has 6 nitrogen and oxygen atoms in total. The average molecular weight is 346 g/mol.